The van der Waals surface area contributed by atoms with Crippen molar-refractivity contribution in [2.45, 2.75) is 27.7 Å². The van der Waals surface area contributed by atoms with Gasteiger partial charge in [0.05, 0.1) is 16.8 Å². The number of nitrogens with one attached hydrogen (secondary N) is 1. The van der Waals surface area contributed by atoms with Crippen LogP contribution in [0.2, 0.25) is 0 Å². The molecular formula is C21H19N3O4. The molecule has 2 aromatic carbocycles. The van der Waals surface area contributed by atoms with Gasteiger partial charge in [-0.3, -0.25) is 0 Å². The number of nitrogens with zero attached hydrogens (tertiary/aromatic N) is 2. The molecule has 0 unspecified atom stereocenters. The molecule has 0 aliphatic rings. The Morgan fingerprint density at radius 3 is 2.57 bits per heavy atom. The molecule has 4 aromatic rings. The Morgan fingerprint density at radius 2 is 1.89 bits per heavy atom. The van der Waals surface area contributed by atoms with Gasteiger partial charge in [-0.15, -0.1) is 0 Å². The molecule has 7 heteroatoms. The van der Waals surface area contributed by atoms with Crippen molar-refractivity contribution >= 4 is 17.0 Å². The number of hydrogen-bond donors (Lipinski definition) is 2. The van der Waals surface area contributed by atoms with E-state index >= 15 is 0 Å². The van der Waals surface area contributed by atoms with Crippen LogP contribution in [0.25, 0.3) is 22.2 Å². The van der Waals surface area contributed by atoms with Crippen molar-refractivity contribution in [1.29, 1.82) is 0 Å². The zero-order valence-electron chi connectivity index (χ0n) is 16.0. The molecule has 0 aliphatic carbocycles. The number of carboxylic acids is 1. The summed E-state index contributed by atoms with van der Waals surface area (Å²) in [5, 5.41) is 13.3. The molecule has 0 atom stereocenters. The predicted molar refractivity (Wildman–Crippen MR) is 104 cm³/mol. The van der Waals surface area contributed by atoms with Gasteiger partial charge in [-0.05, 0) is 63.1 Å². The molecule has 0 bridgehead atoms. The Hall–Kier alpha value is -3.61. The lowest BCUT2D eigenvalue weighted by molar-refractivity contribution is 0.0696. The first-order valence-electron chi connectivity index (χ1n) is 8.79. The molecule has 0 saturated carbocycles. The number of fused-ring (bicyclic) bond motifs is 1. The molecular weight excluding hydrogens is 358 g/mol. The van der Waals surface area contributed by atoms with E-state index in [0.717, 1.165) is 33.7 Å². The van der Waals surface area contributed by atoms with Crippen LogP contribution in [-0.4, -0.2) is 26.2 Å². The molecule has 2 N–H and O–H groups in total. The lowest BCUT2D eigenvalue weighted by Gasteiger charge is -2.12. The average molecular weight is 377 g/mol. The molecule has 0 spiro atoms. The Bertz CT molecular complexity index is 1200. The van der Waals surface area contributed by atoms with Gasteiger partial charge in [-0.2, -0.15) is 0 Å². The highest BCUT2D eigenvalue weighted by atomic mass is 16.5. The fourth-order valence-electron chi connectivity index (χ4n) is 3.29. The van der Waals surface area contributed by atoms with Crippen molar-refractivity contribution in [3.8, 4) is 22.6 Å². The lowest BCUT2D eigenvalue weighted by atomic mass is 10.0. The molecule has 7 nitrogen and oxygen atoms in total. The maximum Gasteiger partial charge on any atom is 0.335 e. The second-order valence-corrected chi connectivity index (χ2v) is 6.78. The summed E-state index contributed by atoms with van der Waals surface area (Å²) in [5.41, 5.74) is 5.04. The highest BCUT2D eigenvalue weighted by Gasteiger charge is 2.18. The number of benzene rings is 2. The van der Waals surface area contributed by atoms with E-state index in [1.54, 1.807) is 12.1 Å². The summed E-state index contributed by atoms with van der Waals surface area (Å²) in [6.45, 7) is 7.48. The standard InChI is InChI=1S/C21H19N3O4/c1-10-5-6-14(21(25)26)8-17(10)27-18-9-15(19-11(2)24-28-12(19)3)7-16-20(18)23-13(4)22-16/h5-9H,1-4H3,(H,22,23)(H,25,26). The number of H-pyrrole nitrogens is 1. The topological polar surface area (TPSA) is 101 Å². The van der Waals surface area contributed by atoms with Crippen molar-refractivity contribution in [2.24, 2.45) is 0 Å². The second-order valence-electron chi connectivity index (χ2n) is 6.78. The summed E-state index contributed by atoms with van der Waals surface area (Å²) in [6.07, 6.45) is 0. The van der Waals surface area contributed by atoms with Gasteiger partial charge < -0.3 is 19.4 Å². The number of carboxylic acid groups (broad SMARTS) is 1. The van der Waals surface area contributed by atoms with E-state index in [1.165, 1.54) is 6.07 Å². The molecule has 142 valence electrons. The van der Waals surface area contributed by atoms with Crippen LogP contribution in [0.4, 0.5) is 0 Å². The van der Waals surface area contributed by atoms with Crippen LogP contribution < -0.4 is 4.74 Å². The molecule has 2 heterocycles. The maximum atomic E-state index is 11.3. The third-order valence-electron chi connectivity index (χ3n) is 4.65. The lowest BCUT2D eigenvalue weighted by Crippen LogP contribution is -1.98. The minimum absolute atomic E-state index is 0.164. The van der Waals surface area contributed by atoms with Gasteiger partial charge in [-0.25, -0.2) is 9.78 Å². The molecule has 0 radical (unpaired) electrons. The molecule has 0 fully saturated rings. The minimum atomic E-state index is -1.00. The number of aromatic carboxylic acids is 1. The van der Waals surface area contributed by atoms with E-state index in [-0.39, 0.29) is 5.56 Å². The highest BCUT2D eigenvalue weighted by Crippen LogP contribution is 2.37. The van der Waals surface area contributed by atoms with E-state index in [9.17, 15) is 9.90 Å². The van der Waals surface area contributed by atoms with Gasteiger partial charge in [-0.1, -0.05) is 11.2 Å². The SMILES string of the molecule is Cc1nc2c(Oc3cc(C(=O)O)ccc3C)cc(-c3c(C)noc3C)cc2[nH]1. The third-order valence-corrected chi connectivity index (χ3v) is 4.65. The Morgan fingerprint density at radius 1 is 1.11 bits per heavy atom. The molecule has 2 aromatic heterocycles. The summed E-state index contributed by atoms with van der Waals surface area (Å²) in [4.78, 5) is 19.1. The van der Waals surface area contributed by atoms with Crippen molar-refractivity contribution < 1.29 is 19.2 Å². The Balaban J connectivity index is 1.89. The monoisotopic (exact) mass is 377 g/mol. The Kier molecular flexibility index (Phi) is 4.15. The quantitative estimate of drug-likeness (QED) is 0.522. The van der Waals surface area contributed by atoms with Crippen LogP contribution >= 0.6 is 0 Å². The van der Waals surface area contributed by atoms with Crippen LogP contribution in [0.1, 0.15) is 33.2 Å². The van der Waals surface area contributed by atoms with Crippen LogP contribution in [0.3, 0.4) is 0 Å². The summed E-state index contributed by atoms with van der Waals surface area (Å²) in [7, 11) is 0. The number of aryl methyl sites for hydroxylation is 4. The first-order chi connectivity index (χ1) is 13.3. The molecule has 0 amide bonds. The molecule has 0 aliphatic heterocycles. The van der Waals surface area contributed by atoms with Crippen LogP contribution in [0, 0.1) is 27.7 Å². The smallest absolute Gasteiger partial charge is 0.335 e. The van der Waals surface area contributed by atoms with Gasteiger partial charge in [0, 0.05) is 5.56 Å². The Labute approximate surface area is 161 Å². The normalized spacial score (nSPS) is 11.1. The van der Waals surface area contributed by atoms with E-state index in [4.69, 9.17) is 9.26 Å². The van der Waals surface area contributed by atoms with Gasteiger partial charge in [0.1, 0.15) is 22.9 Å². The number of carbonyl (C=O) groups is 1. The van der Waals surface area contributed by atoms with Crippen molar-refractivity contribution in [3.63, 3.8) is 0 Å². The van der Waals surface area contributed by atoms with Crippen molar-refractivity contribution in [2.75, 3.05) is 0 Å². The van der Waals surface area contributed by atoms with E-state index in [0.29, 0.717) is 22.8 Å². The summed E-state index contributed by atoms with van der Waals surface area (Å²) in [6, 6.07) is 8.66. The van der Waals surface area contributed by atoms with Gasteiger partial charge in [0.15, 0.2) is 5.75 Å². The van der Waals surface area contributed by atoms with Crippen LogP contribution in [0.5, 0.6) is 11.5 Å². The minimum Gasteiger partial charge on any atom is -0.478 e. The summed E-state index contributed by atoms with van der Waals surface area (Å²) < 4.78 is 11.5. The fourth-order valence-corrected chi connectivity index (χ4v) is 3.29. The number of rotatable bonds is 4. The zero-order chi connectivity index (χ0) is 20.0. The maximum absolute atomic E-state index is 11.3. The largest absolute Gasteiger partial charge is 0.478 e. The van der Waals surface area contributed by atoms with Crippen molar-refractivity contribution in [1.82, 2.24) is 15.1 Å². The zero-order valence-corrected chi connectivity index (χ0v) is 16.0. The number of aromatic nitrogens is 3. The fraction of sp³-hybridized carbons (Fsp3) is 0.190. The van der Waals surface area contributed by atoms with Gasteiger partial charge in [0.2, 0.25) is 0 Å². The van der Waals surface area contributed by atoms with Crippen LogP contribution in [0.15, 0.2) is 34.9 Å². The number of imidazole rings is 1. The first kappa shape index (κ1) is 17.8. The van der Waals surface area contributed by atoms with E-state index < -0.39 is 5.97 Å². The van der Waals surface area contributed by atoms with Crippen molar-refractivity contribution in [3.05, 3.63) is 58.7 Å². The average Bonchev–Trinajstić information content (AvgIpc) is 3.17. The molecule has 28 heavy (non-hydrogen) atoms. The number of aromatic amines is 1. The van der Waals surface area contributed by atoms with E-state index in [2.05, 4.69) is 15.1 Å². The number of ether oxygens (including phenoxy) is 1. The van der Waals surface area contributed by atoms with Crippen LogP contribution in [-0.2, 0) is 0 Å². The molecule has 0 saturated heterocycles. The number of hydrogen-bond acceptors (Lipinski definition) is 5. The summed E-state index contributed by atoms with van der Waals surface area (Å²) in [5.74, 6) is 1.46. The molecule has 4 rings (SSSR count). The van der Waals surface area contributed by atoms with Gasteiger partial charge in [0.25, 0.3) is 0 Å². The highest BCUT2D eigenvalue weighted by molar-refractivity contribution is 5.90. The van der Waals surface area contributed by atoms with Gasteiger partial charge >= 0.3 is 5.97 Å². The predicted octanol–water partition coefficient (Wildman–Crippen LogP) is 4.94. The third kappa shape index (κ3) is 3.00. The van der Waals surface area contributed by atoms with E-state index in [1.807, 2.05) is 39.8 Å². The first-order valence-corrected chi connectivity index (χ1v) is 8.79. The summed E-state index contributed by atoms with van der Waals surface area (Å²) >= 11 is 0. The second kappa shape index (κ2) is 6.53.